The number of pyridine rings is 1. The van der Waals surface area contributed by atoms with E-state index in [4.69, 9.17) is 28.5 Å². The molecule has 0 aliphatic rings. The van der Waals surface area contributed by atoms with Crippen LogP contribution in [0.25, 0.3) is 0 Å². The molecule has 0 aliphatic carbocycles. The van der Waals surface area contributed by atoms with Crippen molar-refractivity contribution >= 4 is 28.4 Å². The van der Waals surface area contributed by atoms with Gasteiger partial charge in [0.05, 0.1) is 10.6 Å². The fraction of sp³-hybridized carbons (Fsp3) is 0.125. The predicted molar refractivity (Wildman–Crippen MR) is 49.1 cm³/mol. The quantitative estimate of drug-likeness (QED) is 0.759. The maximum atomic E-state index is 12.5. The number of nitrogens with zero attached hydrogens (tertiary/aromatic N) is 2. The fourth-order valence-electron chi connectivity index (χ4n) is 0.939. The average Bonchev–Trinajstić information content (AvgIpc) is 2.15. The Balaban J connectivity index is 3.51. The molecular formula is C8H2Cl2F2N2O. The van der Waals surface area contributed by atoms with E-state index in [1.165, 1.54) is 0 Å². The van der Waals surface area contributed by atoms with Crippen LogP contribution in [0.2, 0.25) is 5.02 Å². The molecule has 1 aromatic rings. The monoisotopic (exact) mass is 250 g/mol. The molecule has 1 aromatic heterocycles. The van der Waals surface area contributed by atoms with Gasteiger partial charge in [0.15, 0.2) is 0 Å². The molecular weight excluding hydrogens is 249 g/mol. The van der Waals surface area contributed by atoms with Gasteiger partial charge in [-0.05, 0) is 17.7 Å². The minimum absolute atomic E-state index is 0.242. The van der Waals surface area contributed by atoms with Crippen LogP contribution in [0.15, 0.2) is 6.07 Å². The van der Waals surface area contributed by atoms with Gasteiger partial charge in [-0.1, -0.05) is 11.6 Å². The van der Waals surface area contributed by atoms with Gasteiger partial charge in [-0.2, -0.15) is 5.26 Å². The molecule has 0 fully saturated rings. The summed E-state index contributed by atoms with van der Waals surface area (Å²) in [5, 5.41) is 6.91. The number of rotatable bonds is 2. The third-order valence-corrected chi connectivity index (χ3v) is 2.02. The van der Waals surface area contributed by atoms with E-state index in [-0.39, 0.29) is 5.69 Å². The molecule has 0 atom stereocenters. The van der Waals surface area contributed by atoms with Crippen LogP contribution < -0.4 is 0 Å². The number of alkyl halides is 2. The van der Waals surface area contributed by atoms with E-state index >= 15 is 0 Å². The second-order valence-electron chi connectivity index (χ2n) is 2.44. The van der Waals surface area contributed by atoms with E-state index in [0.717, 1.165) is 6.07 Å². The highest BCUT2D eigenvalue weighted by atomic mass is 35.5. The number of hydrogen-bond donors (Lipinski definition) is 0. The Bertz CT molecular complexity index is 457. The first-order valence-corrected chi connectivity index (χ1v) is 4.31. The molecule has 0 radical (unpaired) electrons. The molecule has 3 nitrogen and oxygen atoms in total. The van der Waals surface area contributed by atoms with Crippen molar-refractivity contribution in [2.24, 2.45) is 0 Å². The molecule has 0 spiro atoms. The maximum absolute atomic E-state index is 12.5. The summed E-state index contributed by atoms with van der Waals surface area (Å²) in [6, 6.07) is 2.53. The molecule has 0 bridgehead atoms. The zero-order valence-corrected chi connectivity index (χ0v) is 8.48. The van der Waals surface area contributed by atoms with E-state index in [2.05, 4.69) is 4.98 Å². The van der Waals surface area contributed by atoms with Crippen molar-refractivity contribution < 1.29 is 13.6 Å². The number of nitriles is 1. The van der Waals surface area contributed by atoms with Gasteiger partial charge in [0.1, 0.15) is 17.5 Å². The number of halogens is 4. The van der Waals surface area contributed by atoms with Crippen LogP contribution in [0, 0.1) is 11.3 Å². The Hall–Kier alpha value is -1.25. The molecule has 15 heavy (non-hydrogen) atoms. The van der Waals surface area contributed by atoms with Crippen molar-refractivity contribution in [3.63, 3.8) is 0 Å². The smallest absolute Gasteiger partial charge is 0.271 e. The van der Waals surface area contributed by atoms with E-state index < -0.39 is 27.9 Å². The van der Waals surface area contributed by atoms with Crippen LogP contribution in [-0.2, 0) is 0 Å². The summed E-state index contributed by atoms with van der Waals surface area (Å²) in [6.07, 6.45) is -2.98. The lowest BCUT2D eigenvalue weighted by Gasteiger charge is -2.06. The maximum Gasteiger partial charge on any atom is 0.271 e. The second-order valence-corrected chi connectivity index (χ2v) is 3.19. The van der Waals surface area contributed by atoms with Crippen LogP contribution >= 0.6 is 23.2 Å². The Kier molecular flexibility index (Phi) is 3.56. The predicted octanol–water partition coefficient (Wildman–Crippen LogP) is 2.92. The molecule has 0 unspecified atom stereocenters. The van der Waals surface area contributed by atoms with Crippen molar-refractivity contribution in [3.05, 3.63) is 28.0 Å². The van der Waals surface area contributed by atoms with Gasteiger partial charge < -0.3 is 0 Å². The second kappa shape index (κ2) is 4.51. The molecule has 0 aromatic carbocycles. The summed E-state index contributed by atoms with van der Waals surface area (Å²) < 4.78 is 24.9. The minimum Gasteiger partial charge on any atom is -0.274 e. The van der Waals surface area contributed by atoms with Gasteiger partial charge in [0, 0.05) is 0 Å². The zero-order valence-electron chi connectivity index (χ0n) is 6.97. The van der Waals surface area contributed by atoms with Gasteiger partial charge >= 0.3 is 0 Å². The third kappa shape index (κ3) is 2.41. The number of aromatic nitrogens is 1. The first kappa shape index (κ1) is 11.8. The summed E-state index contributed by atoms with van der Waals surface area (Å²) >= 11 is 10.5. The highest BCUT2D eigenvalue weighted by molar-refractivity contribution is 6.67. The minimum atomic E-state index is -2.98. The summed E-state index contributed by atoms with van der Waals surface area (Å²) in [5.74, 6) is 0. The SMILES string of the molecule is N#Cc1cc(Cl)c(C(F)F)c(C(=O)Cl)n1. The molecule has 0 aliphatic heterocycles. The first-order chi connectivity index (χ1) is 6.97. The van der Waals surface area contributed by atoms with Crippen molar-refractivity contribution in [2.45, 2.75) is 6.43 Å². The van der Waals surface area contributed by atoms with E-state index in [9.17, 15) is 13.6 Å². The lowest BCUT2D eigenvalue weighted by molar-refractivity contribution is 0.106. The summed E-state index contributed by atoms with van der Waals surface area (Å²) in [5.41, 5.74) is -1.68. The lowest BCUT2D eigenvalue weighted by Crippen LogP contribution is -2.04. The molecule has 0 N–H and O–H groups in total. The lowest BCUT2D eigenvalue weighted by atomic mass is 10.2. The van der Waals surface area contributed by atoms with Crippen molar-refractivity contribution in [1.29, 1.82) is 5.26 Å². The number of carbonyl (C=O) groups excluding carboxylic acids is 1. The fourth-order valence-corrected chi connectivity index (χ4v) is 1.36. The van der Waals surface area contributed by atoms with Crippen LogP contribution in [0.3, 0.4) is 0 Å². The van der Waals surface area contributed by atoms with Crippen LogP contribution in [0.4, 0.5) is 8.78 Å². The van der Waals surface area contributed by atoms with Gasteiger partial charge in [0.2, 0.25) is 0 Å². The van der Waals surface area contributed by atoms with Crippen molar-refractivity contribution in [2.75, 3.05) is 0 Å². The summed E-state index contributed by atoms with van der Waals surface area (Å²) in [4.78, 5) is 14.2. The summed E-state index contributed by atoms with van der Waals surface area (Å²) in [7, 11) is 0. The molecule has 1 rings (SSSR count). The van der Waals surface area contributed by atoms with Gasteiger partial charge in [0.25, 0.3) is 11.7 Å². The van der Waals surface area contributed by atoms with Crippen LogP contribution in [0.1, 0.15) is 28.2 Å². The molecule has 0 saturated heterocycles. The van der Waals surface area contributed by atoms with Gasteiger partial charge in [-0.3, -0.25) is 4.79 Å². The zero-order chi connectivity index (χ0) is 11.6. The largest absolute Gasteiger partial charge is 0.274 e. The Morgan fingerprint density at radius 2 is 2.20 bits per heavy atom. The normalized spacial score (nSPS) is 10.1. The Morgan fingerprint density at radius 1 is 1.60 bits per heavy atom. The van der Waals surface area contributed by atoms with E-state index in [0.29, 0.717) is 0 Å². The topological polar surface area (TPSA) is 53.8 Å². The highest BCUT2D eigenvalue weighted by Gasteiger charge is 2.23. The number of carbonyl (C=O) groups is 1. The Morgan fingerprint density at radius 3 is 2.60 bits per heavy atom. The molecule has 1 heterocycles. The van der Waals surface area contributed by atoms with Crippen LogP contribution in [0.5, 0.6) is 0 Å². The molecule has 0 saturated carbocycles. The molecule has 0 amide bonds. The third-order valence-electron chi connectivity index (χ3n) is 1.53. The van der Waals surface area contributed by atoms with Crippen LogP contribution in [-0.4, -0.2) is 10.2 Å². The van der Waals surface area contributed by atoms with E-state index in [1.807, 2.05) is 0 Å². The average molecular weight is 251 g/mol. The summed E-state index contributed by atoms with van der Waals surface area (Å²) in [6.45, 7) is 0. The Labute approximate surface area is 93.2 Å². The van der Waals surface area contributed by atoms with Crippen molar-refractivity contribution in [1.82, 2.24) is 4.98 Å². The standard InChI is InChI=1S/C8H2Cl2F2N2O/c9-4-1-3(2-13)14-6(7(10)15)5(4)8(11)12/h1,8H. The first-order valence-electron chi connectivity index (χ1n) is 3.56. The van der Waals surface area contributed by atoms with E-state index in [1.54, 1.807) is 6.07 Å². The van der Waals surface area contributed by atoms with Gasteiger partial charge in [-0.25, -0.2) is 13.8 Å². The molecule has 78 valence electrons. The number of hydrogen-bond acceptors (Lipinski definition) is 3. The highest BCUT2D eigenvalue weighted by Crippen LogP contribution is 2.30. The molecule has 7 heteroatoms. The van der Waals surface area contributed by atoms with Crippen molar-refractivity contribution in [3.8, 4) is 6.07 Å². The van der Waals surface area contributed by atoms with Gasteiger partial charge in [-0.15, -0.1) is 0 Å².